The third kappa shape index (κ3) is 5.68. The molecule has 0 aliphatic carbocycles. The summed E-state index contributed by atoms with van der Waals surface area (Å²) in [5.74, 6) is -0.518. The van der Waals surface area contributed by atoms with Crippen LogP contribution in [0, 0.1) is 5.92 Å². The lowest BCUT2D eigenvalue weighted by atomic mass is 9.89. The highest BCUT2D eigenvalue weighted by Crippen LogP contribution is 2.33. The Hall–Kier alpha value is -4.28. The van der Waals surface area contributed by atoms with Crippen molar-refractivity contribution in [2.75, 3.05) is 12.4 Å². The first kappa shape index (κ1) is 24.8. The van der Waals surface area contributed by atoms with Gasteiger partial charge >= 0.3 is 6.61 Å². The molecule has 3 aromatic rings. The third-order valence-electron chi connectivity index (χ3n) is 5.70. The topological polar surface area (TPSA) is 106 Å². The lowest BCUT2D eigenvalue weighted by Crippen LogP contribution is -2.36. The molecule has 4 rings (SSSR count). The highest BCUT2D eigenvalue weighted by molar-refractivity contribution is 6.06. The second-order valence-electron chi connectivity index (χ2n) is 8.02. The minimum absolute atomic E-state index is 0.0795. The molecule has 1 N–H and O–H groups in total. The SMILES string of the molecule is CCC1CC(=O)N(Cc2ccc(NC(=O)c3ccno3)cc2)N=C1c1ccc(OC(F)F)c(OC)c1. The molecular formula is C25H24F2N4O5. The van der Waals surface area contributed by atoms with E-state index < -0.39 is 12.5 Å². The number of amides is 2. The Morgan fingerprint density at radius 3 is 2.61 bits per heavy atom. The maximum atomic E-state index is 12.8. The molecular weight excluding hydrogens is 474 g/mol. The third-order valence-corrected chi connectivity index (χ3v) is 5.70. The highest BCUT2D eigenvalue weighted by Gasteiger charge is 2.30. The maximum absolute atomic E-state index is 12.8. The Labute approximate surface area is 205 Å². The second kappa shape index (κ2) is 11.0. The molecule has 9 nitrogen and oxygen atoms in total. The van der Waals surface area contributed by atoms with Crippen LogP contribution in [0.5, 0.6) is 11.5 Å². The van der Waals surface area contributed by atoms with Gasteiger partial charge in [0.05, 0.1) is 25.6 Å². The summed E-state index contributed by atoms with van der Waals surface area (Å²) in [4.78, 5) is 24.9. The van der Waals surface area contributed by atoms with Gasteiger partial charge < -0.3 is 19.3 Å². The largest absolute Gasteiger partial charge is 0.493 e. The van der Waals surface area contributed by atoms with E-state index in [0.717, 1.165) is 5.56 Å². The number of nitrogens with one attached hydrogen (secondary N) is 1. The monoisotopic (exact) mass is 498 g/mol. The molecule has 11 heteroatoms. The molecule has 36 heavy (non-hydrogen) atoms. The van der Waals surface area contributed by atoms with Gasteiger partial charge in [-0.2, -0.15) is 13.9 Å². The first-order chi connectivity index (χ1) is 17.4. The number of halogens is 2. The number of hydrogen-bond donors (Lipinski definition) is 1. The molecule has 1 aliphatic rings. The smallest absolute Gasteiger partial charge is 0.387 e. The minimum atomic E-state index is -2.98. The van der Waals surface area contributed by atoms with Gasteiger partial charge in [-0.05, 0) is 42.3 Å². The number of hydrogen-bond acceptors (Lipinski definition) is 7. The Kier molecular flexibility index (Phi) is 7.57. The van der Waals surface area contributed by atoms with Crippen LogP contribution in [0.15, 0.2) is 64.4 Å². The fourth-order valence-electron chi connectivity index (χ4n) is 3.85. The number of nitrogens with zero attached hydrogens (tertiary/aromatic N) is 3. The van der Waals surface area contributed by atoms with Crippen LogP contribution in [0.4, 0.5) is 14.5 Å². The predicted octanol–water partition coefficient (Wildman–Crippen LogP) is 4.70. The molecule has 0 bridgehead atoms. The fraction of sp³-hybridized carbons (Fsp3) is 0.280. The van der Waals surface area contributed by atoms with Crippen LogP contribution in [0.1, 0.15) is 41.4 Å². The van der Waals surface area contributed by atoms with Gasteiger partial charge in [0.1, 0.15) is 0 Å². The van der Waals surface area contributed by atoms with Crippen LogP contribution < -0.4 is 14.8 Å². The Morgan fingerprint density at radius 1 is 1.19 bits per heavy atom. The van der Waals surface area contributed by atoms with E-state index in [1.807, 2.05) is 6.92 Å². The van der Waals surface area contributed by atoms with Crippen LogP contribution in [-0.2, 0) is 11.3 Å². The number of rotatable bonds is 9. The lowest BCUT2D eigenvalue weighted by Gasteiger charge is -2.29. The van der Waals surface area contributed by atoms with Crippen molar-refractivity contribution in [1.82, 2.24) is 10.2 Å². The van der Waals surface area contributed by atoms with E-state index in [9.17, 15) is 18.4 Å². The van der Waals surface area contributed by atoms with Crippen LogP contribution in [0.3, 0.4) is 0 Å². The first-order valence-electron chi connectivity index (χ1n) is 11.2. The van der Waals surface area contributed by atoms with Crippen molar-refractivity contribution in [1.29, 1.82) is 0 Å². The van der Waals surface area contributed by atoms with E-state index in [-0.39, 0.29) is 42.0 Å². The van der Waals surface area contributed by atoms with Crippen molar-refractivity contribution in [2.45, 2.75) is 32.9 Å². The molecule has 0 saturated heterocycles. The van der Waals surface area contributed by atoms with Crippen molar-refractivity contribution < 1.29 is 32.4 Å². The van der Waals surface area contributed by atoms with E-state index in [4.69, 9.17) is 9.26 Å². The van der Waals surface area contributed by atoms with Gasteiger partial charge in [0.2, 0.25) is 11.7 Å². The number of hydrazone groups is 1. The molecule has 0 spiro atoms. The zero-order valence-corrected chi connectivity index (χ0v) is 19.6. The van der Waals surface area contributed by atoms with Crippen LogP contribution >= 0.6 is 0 Å². The Morgan fingerprint density at radius 2 is 1.97 bits per heavy atom. The average Bonchev–Trinajstić information content (AvgIpc) is 3.41. The normalized spacial score (nSPS) is 15.6. The molecule has 0 fully saturated rings. The number of ether oxygens (including phenoxy) is 2. The molecule has 2 aromatic carbocycles. The average molecular weight is 498 g/mol. The van der Waals surface area contributed by atoms with Crippen molar-refractivity contribution in [3.05, 3.63) is 71.6 Å². The molecule has 0 saturated carbocycles. The molecule has 2 heterocycles. The number of carbonyl (C=O) groups is 2. The minimum Gasteiger partial charge on any atom is -0.493 e. The number of aromatic nitrogens is 1. The first-order valence-corrected chi connectivity index (χ1v) is 11.2. The van der Waals surface area contributed by atoms with Crippen molar-refractivity contribution >= 4 is 23.2 Å². The van der Waals surface area contributed by atoms with E-state index in [0.29, 0.717) is 23.4 Å². The number of carbonyl (C=O) groups excluding carboxylic acids is 2. The standard InChI is InChI=1S/C25H24F2N4O5/c1-3-16-13-22(32)31(30-23(16)17-6-9-19(35-25(26)27)21(12-17)34-2)14-15-4-7-18(8-5-15)29-24(33)20-10-11-28-36-20/h4-12,16,25H,3,13-14H2,1-2H3,(H,29,33). The number of methoxy groups -OCH3 is 1. The molecule has 1 unspecified atom stereocenters. The molecule has 1 aliphatic heterocycles. The Balaban J connectivity index is 1.53. The van der Waals surface area contributed by atoms with Crippen molar-refractivity contribution in [3.63, 3.8) is 0 Å². The summed E-state index contributed by atoms with van der Waals surface area (Å²) in [6, 6.07) is 13.1. The lowest BCUT2D eigenvalue weighted by molar-refractivity contribution is -0.133. The summed E-state index contributed by atoms with van der Waals surface area (Å²) in [5, 5.41) is 12.2. The summed E-state index contributed by atoms with van der Waals surface area (Å²) in [6.45, 7) is -0.797. The summed E-state index contributed by atoms with van der Waals surface area (Å²) < 4.78 is 39.9. The second-order valence-corrected chi connectivity index (χ2v) is 8.02. The quantitative estimate of drug-likeness (QED) is 0.458. The van der Waals surface area contributed by atoms with Crippen molar-refractivity contribution in [3.8, 4) is 11.5 Å². The zero-order chi connectivity index (χ0) is 25.7. The number of anilines is 1. The molecule has 1 atom stereocenters. The fourth-order valence-corrected chi connectivity index (χ4v) is 3.85. The molecule has 1 aromatic heterocycles. The summed E-state index contributed by atoms with van der Waals surface area (Å²) in [7, 11) is 1.37. The van der Waals surface area contributed by atoms with Gasteiger partial charge in [-0.3, -0.25) is 9.59 Å². The van der Waals surface area contributed by atoms with Gasteiger partial charge in [0.25, 0.3) is 5.91 Å². The molecule has 2 amide bonds. The highest BCUT2D eigenvalue weighted by atomic mass is 19.3. The van der Waals surface area contributed by atoms with Gasteiger partial charge in [-0.1, -0.05) is 24.2 Å². The molecule has 188 valence electrons. The van der Waals surface area contributed by atoms with E-state index in [1.54, 1.807) is 36.4 Å². The maximum Gasteiger partial charge on any atom is 0.387 e. The summed E-state index contributed by atoms with van der Waals surface area (Å²) in [5.41, 5.74) is 2.68. The van der Waals surface area contributed by atoms with E-state index in [1.165, 1.54) is 30.4 Å². The summed E-state index contributed by atoms with van der Waals surface area (Å²) in [6.07, 6.45) is 2.32. The van der Waals surface area contributed by atoms with E-state index >= 15 is 0 Å². The summed E-state index contributed by atoms with van der Waals surface area (Å²) >= 11 is 0. The van der Waals surface area contributed by atoms with Crippen LogP contribution in [0.25, 0.3) is 0 Å². The Bertz CT molecular complexity index is 1250. The van der Waals surface area contributed by atoms with Crippen LogP contribution in [0.2, 0.25) is 0 Å². The van der Waals surface area contributed by atoms with E-state index in [2.05, 4.69) is 20.3 Å². The molecule has 0 radical (unpaired) electrons. The van der Waals surface area contributed by atoms with Gasteiger partial charge in [-0.15, -0.1) is 0 Å². The van der Waals surface area contributed by atoms with Gasteiger partial charge in [0.15, 0.2) is 11.5 Å². The van der Waals surface area contributed by atoms with Gasteiger partial charge in [0, 0.05) is 29.7 Å². The zero-order valence-electron chi connectivity index (χ0n) is 19.6. The number of alkyl halides is 2. The van der Waals surface area contributed by atoms with Gasteiger partial charge in [-0.25, -0.2) is 5.01 Å². The van der Waals surface area contributed by atoms with Crippen molar-refractivity contribution in [2.24, 2.45) is 11.0 Å². The van der Waals surface area contributed by atoms with Crippen LogP contribution in [-0.4, -0.2) is 41.4 Å². The number of benzene rings is 2. The predicted molar refractivity (Wildman–Crippen MR) is 126 cm³/mol.